The number of aromatic nitrogens is 3. The van der Waals surface area contributed by atoms with Gasteiger partial charge in [0.05, 0.1) is 24.1 Å². The minimum atomic E-state index is -0.682. The van der Waals surface area contributed by atoms with E-state index in [0.717, 1.165) is 101 Å². The van der Waals surface area contributed by atoms with E-state index in [1.165, 1.54) is 5.56 Å². The number of fused-ring (bicyclic) bond motifs is 1. The van der Waals surface area contributed by atoms with Crippen LogP contribution in [0.5, 0.6) is 0 Å². The van der Waals surface area contributed by atoms with Crippen molar-refractivity contribution in [3.8, 4) is 0 Å². The van der Waals surface area contributed by atoms with Crippen LogP contribution in [0.4, 0.5) is 27.9 Å². The number of nitrogens with two attached hydrogens (primary N) is 1. The average molecular weight is 777 g/mol. The number of allylic oxidation sites excluding steroid dienone is 1. The van der Waals surface area contributed by atoms with E-state index in [1.54, 1.807) is 16.0 Å². The van der Waals surface area contributed by atoms with Crippen LogP contribution in [0, 0.1) is 0 Å². The van der Waals surface area contributed by atoms with E-state index in [9.17, 15) is 19.2 Å². The van der Waals surface area contributed by atoms with Gasteiger partial charge in [0.1, 0.15) is 17.7 Å². The monoisotopic (exact) mass is 776 g/mol. The first kappa shape index (κ1) is 38.1. The largest absolute Gasteiger partial charge is 0.368 e. The van der Waals surface area contributed by atoms with Crippen LogP contribution in [0.1, 0.15) is 70.5 Å². The number of piperidine rings is 2. The van der Waals surface area contributed by atoms with Gasteiger partial charge in [0.15, 0.2) is 11.5 Å². The minimum Gasteiger partial charge on any atom is -0.368 e. The lowest BCUT2D eigenvalue weighted by atomic mass is 9.98. The van der Waals surface area contributed by atoms with Gasteiger partial charge in [-0.15, -0.1) is 0 Å². The second-order valence-electron chi connectivity index (χ2n) is 15.8. The molecule has 16 nitrogen and oxygen atoms in total. The molecule has 4 saturated heterocycles. The van der Waals surface area contributed by atoms with Crippen LogP contribution >= 0.6 is 0 Å². The number of urea groups is 1. The number of amides is 5. The number of benzene rings is 1. The zero-order valence-corrected chi connectivity index (χ0v) is 32.7. The fourth-order valence-electron chi connectivity index (χ4n) is 8.84. The van der Waals surface area contributed by atoms with Crippen molar-refractivity contribution in [2.45, 2.75) is 63.6 Å². The van der Waals surface area contributed by atoms with Crippen LogP contribution in [0.3, 0.4) is 0 Å². The van der Waals surface area contributed by atoms with Gasteiger partial charge < -0.3 is 40.9 Å². The number of primary amides is 1. The van der Waals surface area contributed by atoms with Crippen molar-refractivity contribution in [2.24, 2.45) is 5.73 Å². The third-order valence-corrected chi connectivity index (χ3v) is 12.1. The summed E-state index contributed by atoms with van der Waals surface area (Å²) in [6, 6.07) is 9.57. The van der Waals surface area contributed by atoms with Gasteiger partial charge in [0.25, 0.3) is 11.8 Å². The van der Waals surface area contributed by atoms with Crippen LogP contribution in [-0.2, 0) is 17.8 Å². The lowest BCUT2D eigenvalue weighted by molar-refractivity contribution is -0.126. The molecule has 0 bridgehead atoms. The quantitative estimate of drug-likeness (QED) is 0.231. The molecular formula is C41H52N12O4. The summed E-state index contributed by atoms with van der Waals surface area (Å²) in [6.45, 7) is 11.9. The molecule has 57 heavy (non-hydrogen) atoms. The molecule has 0 saturated carbocycles. The van der Waals surface area contributed by atoms with E-state index in [-0.39, 0.29) is 35.4 Å². The molecule has 7 heterocycles. The number of piperazine rings is 1. The Balaban J connectivity index is 0.810. The fraction of sp³-hybridized carbons (Fsp3) is 0.488. The van der Waals surface area contributed by atoms with Crippen LogP contribution in [0.15, 0.2) is 55.0 Å². The summed E-state index contributed by atoms with van der Waals surface area (Å²) in [6.07, 6.45) is 9.54. The maximum atomic E-state index is 13.3. The molecule has 5 aliphatic rings. The van der Waals surface area contributed by atoms with Crippen LogP contribution in [0.25, 0.3) is 0 Å². The highest BCUT2D eigenvalue weighted by Gasteiger charge is 2.39. The molecule has 3 aromatic rings. The van der Waals surface area contributed by atoms with Gasteiger partial charge in [-0.3, -0.25) is 19.3 Å². The number of unbranched alkanes of at least 4 members (excludes halogenated alkanes) is 1. The van der Waals surface area contributed by atoms with E-state index in [0.29, 0.717) is 43.3 Å². The number of nitrogens with zero attached hydrogens (tertiary/aromatic N) is 9. The minimum absolute atomic E-state index is 0.0392. The predicted octanol–water partition coefficient (Wildman–Crippen LogP) is 2.94. The van der Waals surface area contributed by atoms with Gasteiger partial charge in [-0.05, 0) is 80.8 Å². The highest BCUT2D eigenvalue weighted by Crippen LogP contribution is 2.32. The summed E-state index contributed by atoms with van der Waals surface area (Å²) >= 11 is 0. The van der Waals surface area contributed by atoms with Gasteiger partial charge in [-0.1, -0.05) is 18.7 Å². The average Bonchev–Trinajstić information content (AvgIpc) is 3.74. The van der Waals surface area contributed by atoms with E-state index < -0.39 is 11.9 Å². The van der Waals surface area contributed by atoms with Crippen molar-refractivity contribution in [1.29, 1.82) is 0 Å². The Labute approximate surface area is 333 Å². The second-order valence-corrected chi connectivity index (χ2v) is 15.8. The summed E-state index contributed by atoms with van der Waals surface area (Å²) in [5, 5.41) is 6.00. The summed E-state index contributed by atoms with van der Waals surface area (Å²) in [4.78, 5) is 77.0. The second kappa shape index (κ2) is 16.4. The third kappa shape index (κ3) is 8.08. The lowest BCUT2D eigenvalue weighted by Gasteiger charge is -2.37. The van der Waals surface area contributed by atoms with Crippen molar-refractivity contribution < 1.29 is 19.2 Å². The summed E-state index contributed by atoms with van der Waals surface area (Å²) in [5.41, 5.74) is 10.5. The third-order valence-electron chi connectivity index (χ3n) is 12.1. The molecule has 1 unspecified atom stereocenters. The number of carbonyl (C=O) groups excluding carboxylic acids is 4. The Morgan fingerprint density at radius 3 is 2.53 bits per heavy atom. The smallest absolute Gasteiger partial charge is 0.320 e. The number of carbonyl (C=O) groups is 4. The standard InChI is InChI=1S/C41H52N12O4/c1-27-11-13-33(39(55)45-27)53-26-32-28(8-5-10-31(32)40(53)56)7-3-4-15-49-18-20-50(21-19-49)29-12-14-34(43-23-29)46-38-36(37(42)54)44-24-35(47-38)51-16-6-9-30(25-51)52-22-17-48(2)41(52)57/h5,8,10,12,14,23-24,30,33H,1,3-4,6-7,9,11,13,15-22,25-26H2,2H3,(H2,42,54)(H,45,55)(H,43,46,47)/t30-,33?/m0/s1. The Kier molecular flexibility index (Phi) is 10.9. The Morgan fingerprint density at radius 1 is 0.947 bits per heavy atom. The molecule has 5 amide bonds. The summed E-state index contributed by atoms with van der Waals surface area (Å²) < 4.78 is 0. The van der Waals surface area contributed by atoms with Crippen LogP contribution < -0.4 is 26.2 Å². The molecule has 4 fully saturated rings. The van der Waals surface area contributed by atoms with Crippen LogP contribution in [-0.4, -0.2) is 136 Å². The summed E-state index contributed by atoms with van der Waals surface area (Å²) in [7, 11) is 1.83. The molecule has 0 radical (unpaired) electrons. The van der Waals surface area contributed by atoms with Gasteiger partial charge in [0, 0.05) is 77.2 Å². The highest BCUT2D eigenvalue weighted by molar-refractivity contribution is 6.02. The Bertz CT molecular complexity index is 2030. The van der Waals surface area contributed by atoms with Crippen molar-refractivity contribution in [1.82, 2.24) is 39.9 Å². The highest BCUT2D eigenvalue weighted by atomic mass is 16.2. The number of likely N-dealkylation sites (N-methyl/N-ethyl adjacent to an activating group) is 1. The number of pyridine rings is 1. The van der Waals surface area contributed by atoms with E-state index >= 15 is 0 Å². The van der Waals surface area contributed by atoms with Crippen LogP contribution in [0.2, 0.25) is 0 Å². The number of hydrogen-bond donors (Lipinski definition) is 3. The molecule has 2 atom stereocenters. The Hall–Kier alpha value is -5.77. The van der Waals surface area contributed by atoms with Gasteiger partial charge >= 0.3 is 6.03 Å². The fourth-order valence-corrected chi connectivity index (χ4v) is 8.84. The molecule has 16 heteroatoms. The molecule has 300 valence electrons. The van der Waals surface area contributed by atoms with Crippen molar-refractivity contribution in [2.75, 3.05) is 81.1 Å². The molecule has 8 rings (SSSR count). The van der Waals surface area contributed by atoms with Crippen molar-refractivity contribution in [3.63, 3.8) is 0 Å². The zero-order valence-electron chi connectivity index (χ0n) is 32.7. The van der Waals surface area contributed by atoms with E-state index in [4.69, 9.17) is 10.7 Å². The summed E-state index contributed by atoms with van der Waals surface area (Å²) in [5.74, 6) is 0.525. The number of anilines is 4. The molecule has 2 aromatic heterocycles. The van der Waals surface area contributed by atoms with E-state index in [2.05, 4.69) is 47.9 Å². The maximum absolute atomic E-state index is 13.3. The molecule has 1 aromatic carbocycles. The van der Waals surface area contributed by atoms with Gasteiger partial charge in [-0.2, -0.15) is 0 Å². The first-order valence-corrected chi connectivity index (χ1v) is 20.2. The van der Waals surface area contributed by atoms with Gasteiger partial charge in [0.2, 0.25) is 5.91 Å². The van der Waals surface area contributed by atoms with Gasteiger partial charge in [-0.25, -0.2) is 19.7 Å². The molecule has 0 spiro atoms. The van der Waals surface area contributed by atoms with Crippen molar-refractivity contribution in [3.05, 3.63) is 77.4 Å². The lowest BCUT2D eigenvalue weighted by Crippen LogP contribution is -2.49. The first-order valence-electron chi connectivity index (χ1n) is 20.2. The number of nitrogens with one attached hydrogen (secondary N) is 2. The number of aryl methyl sites for hydroxylation is 1. The number of hydrogen-bond acceptors (Lipinski definition) is 11. The van der Waals surface area contributed by atoms with Crippen molar-refractivity contribution >= 4 is 46.9 Å². The topological polar surface area (TPSA) is 176 Å². The molecular weight excluding hydrogens is 725 g/mol. The molecule has 4 N–H and O–H groups in total. The predicted molar refractivity (Wildman–Crippen MR) is 216 cm³/mol. The zero-order chi connectivity index (χ0) is 39.6. The molecule has 0 aliphatic carbocycles. The maximum Gasteiger partial charge on any atom is 0.320 e. The normalized spacial score (nSPS) is 21.7. The first-order chi connectivity index (χ1) is 27.6. The van der Waals surface area contributed by atoms with E-state index in [1.807, 2.05) is 42.4 Å². The Morgan fingerprint density at radius 2 is 1.79 bits per heavy atom. The SMILES string of the molecule is C=C1CCC(N2Cc3c(CCCCN4CCN(c5ccc(Nc6nc(N7CCC[C@H](N8CCN(C)C8=O)C7)cnc6C(N)=O)nc5)CC4)cccc3C2=O)C(=O)N1. The molecule has 5 aliphatic heterocycles. The number of rotatable bonds is 12.